The molecule has 0 spiro atoms. The number of carbonyl (C=O) groups is 2. The van der Waals surface area contributed by atoms with Crippen LogP contribution >= 0.6 is 0 Å². The van der Waals surface area contributed by atoms with E-state index in [1.807, 2.05) is 59.5 Å². The predicted molar refractivity (Wildman–Crippen MR) is 110 cm³/mol. The van der Waals surface area contributed by atoms with Gasteiger partial charge in [0, 0.05) is 19.0 Å². The Kier molecular flexibility index (Phi) is 4.96. The van der Waals surface area contributed by atoms with Gasteiger partial charge >= 0.3 is 0 Å². The molecule has 2 aromatic carbocycles. The molecule has 3 aromatic rings. The molecule has 2 saturated heterocycles. The SMILES string of the molecule is O=C1CO[C@H](C(=O)N2CCC(c3nc4ccccc4o3)CC2)[C@@H](c2ccccc2)N1. The van der Waals surface area contributed by atoms with Crippen molar-refractivity contribution >= 4 is 22.9 Å². The minimum Gasteiger partial charge on any atom is -0.440 e. The number of oxazole rings is 1. The number of benzene rings is 2. The summed E-state index contributed by atoms with van der Waals surface area (Å²) in [5, 5.41) is 2.92. The van der Waals surface area contributed by atoms with E-state index in [-0.39, 0.29) is 24.3 Å². The summed E-state index contributed by atoms with van der Waals surface area (Å²) in [6, 6.07) is 16.8. The Bertz CT molecular complexity index is 1020. The van der Waals surface area contributed by atoms with Crippen molar-refractivity contribution in [3.63, 3.8) is 0 Å². The van der Waals surface area contributed by atoms with Crippen LogP contribution in [-0.4, -0.2) is 47.5 Å². The first-order valence-electron chi connectivity index (χ1n) is 10.3. The summed E-state index contributed by atoms with van der Waals surface area (Å²) in [7, 11) is 0. The van der Waals surface area contributed by atoms with E-state index in [1.54, 1.807) is 0 Å². The normalized spacial score (nSPS) is 22.8. The molecule has 154 valence electrons. The number of likely N-dealkylation sites (tertiary alicyclic amines) is 1. The van der Waals surface area contributed by atoms with Crippen molar-refractivity contribution in [1.29, 1.82) is 0 Å². The van der Waals surface area contributed by atoms with E-state index in [2.05, 4.69) is 10.3 Å². The van der Waals surface area contributed by atoms with Crippen LogP contribution in [0.5, 0.6) is 0 Å². The number of piperidine rings is 1. The van der Waals surface area contributed by atoms with Crippen molar-refractivity contribution in [1.82, 2.24) is 15.2 Å². The van der Waals surface area contributed by atoms with Crippen molar-refractivity contribution in [3.05, 3.63) is 66.1 Å². The fourth-order valence-electron chi connectivity index (χ4n) is 4.28. The number of amides is 2. The number of hydrogen-bond acceptors (Lipinski definition) is 5. The number of rotatable bonds is 3. The summed E-state index contributed by atoms with van der Waals surface area (Å²) in [4.78, 5) is 31.6. The molecule has 2 aliphatic heterocycles. The molecule has 2 atom stereocenters. The Balaban J connectivity index is 1.28. The Morgan fingerprint density at radius 2 is 1.77 bits per heavy atom. The lowest BCUT2D eigenvalue weighted by atomic mass is 9.94. The first-order chi connectivity index (χ1) is 14.7. The maximum absolute atomic E-state index is 13.2. The molecular formula is C23H23N3O4. The quantitative estimate of drug-likeness (QED) is 0.724. The number of para-hydroxylation sites is 2. The highest BCUT2D eigenvalue weighted by molar-refractivity contribution is 5.86. The number of ether oxygens (including phenoxy) is 1. The molecule has 1 aromatic heterocycles. The van der Waals surface area contributed by atoms with Crippen LogP contribution in [0.1, 0.15) is 36.3 Å². The van der Waals surface area contributed by atoms with Crippen LogP contribution in [0, 0.1) is 0 Å². The Hall–Kier alpha value is -3.19. The van der Waals surface area contributed by atoms with Gasteiger partial charge in [0.1, 0.15) is 12.1 Å². The number of hydrogen-bond donors (Lipinski definition) is 1. The lowest BCUT2D eigenvalue weighted by molar-refractivity contribution is -0.156. The van der Waals surface area contributed by atoms with Gasteiger partial charge in [0.15, 0.2) is 17.6 Å². The molecule has 5 rings (SSSR count). The fraction of sp³-hybridized carbons (Fsp3) is 0.348. The molecule has 0 saturated carbocycles. The second-order valence-electron chi connectivity index (χ2n) is 7.81. The lowest BCUT2D eigenvalue weighted by Gasteiger charge is -2.37. The van der Waals surface area contributed by atoms with Crippen LogP contribution in [0.25, 0.3) is 11.1 Å². The second kappa shape index (κ2) is 7.91. The zero-order valence-corrected chi connectivity index (χ0v) is 16.5. The minimum atomic E-state index is -0.717. The number of aromatic nitrogens is 1. The van der Waals surface area contributed by atoms with E-state index >= 15 is 0 Å². The summed E-state index contributed by atoms with van der Waals surface area (Å²) in [5.74, 6) is 0.646. The zero-order valence-electron chi connectivity index (χ0n) is 16.5. The molecule has 1 N–H and O–H groups in total. The first-order valence-corrected chi connectivity index (χ1v) is 10.3. The third kappa shape index (κ3) is 3.57. The Morgan fingerprint density at radius 1 is 1.03 bits per heavy atom. The third-order valence-electron chi connectivity index (χ3n) is 5.88. The van der Waals surface area contributed by atoms with Gasteiger partial charge in [-0.05, 0) is 30.5 Å². The zero-order chi connectivity index (χ0) is 20.5. The van der Waals surface area contributed by atoms with Gasteiger partial charge in [-0.3, -0.25) is 9.59 Å². The molecule has 0 radical (unpaired) electrons. The van der Waals surface area contributed by atoms with Crippen LogP contribution in [0.3, 0.4) is 0 Å². The van der Waals surface area contributed by atoms with Crippen LogP contribution in [0.15, 0.2) is 59.0 Å². The van der Waals surface area contributed by atoms with Crippen molar-refractivity contribution < 1.29 is 18.7 Å². The molecular weight excluding hydrogens is 382 g/mol. The monoisotopic (exact) mass is 405 g/mol. The Morgan fingerprint density at radius 3 is 2.53 bits per heavy atom. The van der Waals surface area contributed by atoms with Crippen LogP contribution in [0.2, 0.25) is 0 Å². The van der Waals surface area contributed by atoms with Crippen molar-refractivity contribution in [2.24, 2.45) is 0 Å². The summed E-state index contributed by atoms with van der Waals surface area (Å²) in [5.41, 5.74) is 2.52. The first kappa shape index (κ1) is 18.8. The molecule has 0 unspecified atom stereocenters. The maximum Gasteiger partial charge on any atom is 0.254 e. The highest BCUT2D eigenvalue weighted by atomic mass is 16.5. The smallest absolute Gasteiger partial charge is 0.254 e. The molecule has 2 fully saturated rings. The van der Waals surface area contributed by atoms with E-state index in [1.165, 1.54) is 0 Å². The van der Waals surface area contributed by atoms with E-state index in [0.717, 1.165) is 35.4 Å². The number of carbonyl (C=O) groups excluding carboxylic acids is 2. The van der Waals surface area contributed by atoms with Gasteiger partial charge < -0.3 is 19.4 Å². The highest BCUT2D eigenvalue weighted by Gasteiger charge is 2.39. The number of morpholine rings is 1. The Labute approximate surface area is 174 Å². The molecule has 30 heavy (non-hydrogen) atoms. The van der Waals surface area contributed by atoms with E-state index < -0.39 is 12.1 Å². The van der Waals surface area contributed by atoms with Gasteiger partial charge in [-0.15, -0.1) is 0 Å². The lowest BCUT2D eigenvalue weighted by Crippen LogP contribution is -2.54. The summed E-state index contributed by atoms with van der Waals surface area (Å²) >= 11 is 0. The van der Waals surface area contributed by atoms with Gasteiger partial charge in [0.25, 0.3) is 5.91 Å². The van der Waals surface area contributed by atoms with Crippen LogP contribution in [0.4, 0.5) is 0 Å². The standard InChI is InChI=1S/C23H23N3O4/c27-19-14-29-21(20(25-19)15-6-2-1-3-7-15)23(28)26-12-10-16(11-13-26)22-24-17-8-4-5-9-18(17)30-22/h1-9,16,20-21H,10-14H2,(H,25,27)/t20-,21+/m1/s1. The maximum atomic E-state index is 13.2. The van der Waals surface area contributed by atoms with Gasteiger partial charge in [-0.1, -0.05) is 42.5 Å². The van der Waals surface area contributed by atoms with Gasteiger partial charge in [0.2, 0.25) is 5.91 Å². The van der Waals surface area contributed by atoms with Crippen molar-refractivity contribution in [2.45, 2.75) is 30.9 Å². The average molecular weight is 405 g/mol. The summed E-state index contributed by atoms with van der Waals surface area (Å²) < 4.78 is 11.6. The molecule has 0 bridgehead atoms. The molecule has 0 aliphatic carbocycles. The average Bonchev–Trinajstić information content (AvgIpc) is 3.24. The van der Waals surface area contributed by atoms with Gasteiger partial charge in [0.05, 0.1) is 6.04 Å². The largest absolute Gasteiger partial charge is 0.440 e. The highest BCUT2D eigenvalue weighted by Crippen LogP contribution is 2.31. The van der Waals surface area contributed by atoms with Crippen LogP contribution < -0.4 is 5.32 Å². The summed E-state index contributed by atoms with van der Waals surface area (Å²) in [6.07, 6.45) is 0.854. The molecule has 2 aliphatic rings. The number of nitrogens with zero attached hydrogens (tertiary/aromatic N) is 2. The minimum absolute atomic E-state index is 0.0835. The van der Waals surface area contributed by atoms with E-state index in [4.69, 9.17) is 9.15 Å². The summed E-state index contributed by atoms with van der Waals surface area (Å²) in [6.45, 7) is 1.12. The van der Waals surface area contributed by atoms with E-state index in [0.29, 0.717) is 13.1 Å². The molecule has 7 nitrogen and oxygen atoms in total. The van der Waals surface area contributed by atoms with Crippen LogP contribution in [-0.2, 0) is 14.3 Å². The second-order valence-corrected chi connectivity index (χ2v) is 7.81. The molecule has 3 heterocycles. The molecule has 7 heteroatoms. The third-order valence-corrected chi connectivity index (χ3v) is 5.88. The number of fused-ring (bicyclic) bond motifs is 1. The predicted octanol–water partition coefficient (Wildman–Crippen LogP) is 2.79. The van der Waals surface area contributed by atoms with Crippen molar-refractivity contribution in [2.75, 3.05) is 19.7 Å². The fourth-order valence-corrected chi connectivity index (χ4v) is 4.28. The van der Waals surface area contributed by atoms with Gasteiger partial charge in [-0.2, -0.15) is 0 Å². The van der Waals surface area contributed by atoms with Crippen molar-refractivity contribution in [3.8, 4) is 0 Å². The van der Waals surface area contributed by atoms with E-state index in [9.17, 15) is 9.59 Å². The topological polar surface area (TPSA) is 84.7 Å². The van der Waals surface area contributed by atoms with Gasteiger partial charge in [-0.25, -0.2) is 4.98 Å². The molecule has 2 amide bonds. The number of nitrogens with one attached hydrogen (secondary N) is 1.